The minimum atomic E-state index is 1.43. The number of nitriles is 1. The molecular formula is C8H13N. The molecule has 0 aliphatic heterocycles. The summed E-state index contributed by atoms with van der Waals surface area (Å²) >= 11 is 0. The Kier molecular flexibility index (Phi) is 19.0. The van der Waals surface area contributed by atoms with E-state index in [0.717, 1.165) is 0 Å². The molecule has 0 amide bonds. The predicted octanol–water partition coefficient (Wildman–Crippen LogP) is 2.67. The molecule has 1 nitrogen and oxygen atoms in total. The predicted molar refractivity (Wildman–Crippen MR) is 40.9 cm³/mol. The van der Waals surface area contributed by atoms with Crippen molar-refractivity contribution in [2.24, 2.45) is 0 Å². The highest BCUT2D eigenvalue weighted by atomic mass is 14.2. The lowest BCUT2D eigenvalue weighted by Crippen LogP contribution is -1.35. The van der Waals surface area contributed by atoms with Crippen molar-refractivity contribution in [3.05, 3.63) is 24.3 Å². The van der Waals surface area contributed by atoms with E-state index in [9.17, 15) is 0 Å². The van der Waals surface area contributed by atoms with Gasteiger partial charge in [-0.3, -0.25) is 0 Å². The van der Waals surface area contributed by atoms with E-state index in [-0.39, 0.29) is 0 Å². The fourth-order valence-corrected chi connectivity index (χ4v) is 0.0745. The molecule has 0 N–H and O–H groups in total. The minimum absolute atomic E-state index is 1.43. The van der Waals surface area contributed by atoms with Gasteiger partial charge in [-0.2, -0.15) is 5.26 Å². The molecule has 0 heterocycles. The normalized spacial score (nSPS) is 8.67. The van der Waals surface area contributed by atoms with E-state index >= 15 is 0 Å². The number of hydrogen-bond donors (Lipinski definition) is 0. The maximum Gasteiger partial charge on any atom is 0.0908 e. The third-order valence-electron chi connectivity index (χ3n) is 0.575. The number of rotatable bonds is 0. The first-order valence-corrected chi connectivity index (χ1v) is 2.91. The molecule has 0 saturated heterocycles. The fraction of sp³-hybridized carbons (Fsp3) is 0.375. The van der Waals surface area contributed by atoms with Crippen LogP contribution >= 0.6 is 0 Å². The van der Waals surface area contributed by atoms with Crippen LogP contribution in [0.3, 0.4) is 0 Å². The first kappa shape index (κ1) is 10.9. The molecule has 0 aromatic carbocycles. The maximum atomic E-state index is 7.73. The van der Waals surface area contributed by atoms with Crippen LogP contribution in [0.1, 0.15) is 20.8 Å². The number of nitrogens with zero attached hydrogens (tertiary/aromatic N) is 1. The maximum absolute atomic E-state index is 7.73. The van der Waals surface area contributed by atoms with E-state index in [2.05, 4.69) is 0 Å². The zero-order valence-corrected chi connectivity index (χ0v) is 6.26. The SMILES string of the molecule is C/C=C/C.C/C=C/C#N. The zero-order valence-electron chi connectivity index (χ0n) is 6.26. The summed E-state index contributed by atoms with van der Waals surface area (Å²) < 4.78 is 0. The Morgan fingerprint density at radius 2 is 1.44 bits per heavy atom. The molecule has 0 atom stereocenters. The first-order valence-electron chi connectivity index (χ1n) is 2.91. The lowest BCUT2D eigenvalue weighted by molar-refractivity contribution is 1.53. The van der Waals surface area contributed by atoms with Crippen LogP contribution in [-0.4, -0.2) is 0 Å². The van der Waals surface area contributed by atoms with Crippen molar-refractivity contribution >= 4 is 0 Å². The molecule has 0 aliphatic rings. The summed E-state index contributed by atoms with van der Waals surface area (Å²) in [4.78, 5) is 0. The Morgan fingerprint density at radius 3 is 1.44 bits per heavy atom. The molecule has 0 fully saturated rings. The number of allylic oxidation sites excluding steroid dienone is 4. The van der Waals surface area contributed by atoms with E-state index in [0.29, 0.717) is 0 Å². The van der Waals surface area contributed by atoms with Crippen molar-refractivity contribution in [2.75, 3.05) is 0 Å². The Labute approximate surface area is 57.3 Å². The van der Waals surface area contributed by atoms with Gasteiger partial charge >= 0.3 is 0 Å². The van der Waals surface area contributed by atoms with Gasteiger partial charge in [-0.1, -0.05) is 18.2 Å². The third-order valence-corrected chi connectivity index (χ3v) is 0.575. The highest BCUT2D eigenvalue weighted by Crippen LogP contribution is 1.58. The molecule has 0 aromatic heterocycles. The summed E-state index contributed by atoms with van der Waals surface area (Å²) in [6, 6.07) is 1.84. The summed E-state index contributed by atoms with van der Waals surface area (Å²) in [5.74, 6) is 0. The summed E-state index contributed by atoms with van der Waals surface area (Å²) in [6.07, 6.45) is 7.12. The Bertz CT molecular complexity index is 111. The summed E-state index contributed by atoms with van der Waals surface area (Å²) in [6.45, 7) is 5.81. The van der Waals surface area contributed by atoms with Crippen LogP contribution in [0.4, 0.5) is 0 Å². The van der Waals surface area contributed by atoms with Crippen molar-refractivity contribution in [3.8, 4) is 6.07 Å². The van der Waals surface area contributed by atoms with Crippen LogP contribution in [0.5, 0.6) is 0 Å². The monoisotopic (exact) mass is 123 g/mol. The van der Waals surface area contributed by atoms with Gasteiger partial charge in [0.1, 0.15) is 0 Å². The quantitative estimate of drug-likeness (QED) is 0.359. The first-order chi connectivity index (χ1) is 4.33. The van der Waals surface area contributed by atoms with Crippen LogP contribution in [-0.2, 0) is 0 Å². The van der Waals surface area contributed by atoms with Crippen molar-refractivity contribution in [3.63, 3.8) is 0 Å². The molecule has 50 valence electrons. The van der Waals surface area contributed by atoms with Crippen molar-refractivity contribution in [2.45, 2.75) is 20.8 Å². The van der Waals surface area contributed by atoms with Crippen LogP contribution in [0.2, 0.25) is 0 Å². The van der Waals surface area contributed by atoms with Crippen LogP contribution in [0.25, 0.3) is 0 Å². The molecule has 0 saturated carbocycles. The van der Waals surface area contributed by atoms with Crippen molar-refractivity contribution < 1.29 is 0 Å². The van der Waals surface area contributed by atoms with E-state index in [1.165, 1.54) is 6.08 Å². The molecule has 0 spiro atoms. The standard InChI is InChI=1S/C4H5N.C4H8/c1-2-3-4-5;1-3-4-2/h2-3H,1H3;3-4H,1-2H3/b3-2+;4-3+. The molecule has 9 heavy (non-hydrogen) atoms. The average molecular weight is 123 g/mol. The van der Waals surface area contributed by atoms with Crippen LogP contribution < -0.4 is 0 Å². The van der Waals surface area contributed by atoms with Gasteiger partial charge < -0.3 is 0 Å². The molecule has 0 unspecified atom stereocenters. The third kappa shape index (κ3) is 44.4. The Hall–Kier alpha value is -1.03. The summed E-state index contributed by atoms with van der Waals surface area (Å²) in [5.41, 5.74) is 0. The van der Waals surface area contributed by atoms with E-state index in [1.807, 2.05) is 39.0 Å². The van der Waals surface area contributed by atoms with Crippen LogP contribution in [0, 0.1) is 11.3 Å². The van der Waals surface area contributed by atoms with Crippen molar-refractivity contribution in [1.82, 2.24) is 0 Å². The molecule has 0 aromatic rings. The summed E-state index contributed by atoms with van der Waals surface area (Å²) in [7, 11) is 0. The second-order valence-electron chi connectivity index (χ2n) is 1.30. The topological polar surface area (TPSA) is 23.8 Å². The van der Waals surface area contributed by atoms with Gasteiger partial charge in [0, 0.05) is 6.08 Å². The van der Waals surface area contributed by atoms with Gasteiger partial charge in [0.05, 0.1) is 6.07 Å². The van der Waals surface area contributed by atoms with Gasteiger partial charge in [0.25, 0.3) is 0 Å². The van der Waals surface area contributed by atoms with Gasteiger partial charge in [-0.25, -0.2) is 0 Å². The highest BCUT2D eigenvalue weighted by molar-refractivity contribution is 4.99. The molecule has 1 heteroatoms. The average Bonchev–Trinajstić information content (AvgIpc) is 1.91. The largest absolute Gasteiger partial charge is 0.193 e. The van der Waals surface area contributed by atoms with E-state index in [4.69, 9.17) is 5.26 Å². The van der Waals surface area contributed by atoms with Gasteiger partial charge in [-0.05, 0) is 20.8 Å². The lowest BCUT2D eigenvalue weighted by Gasteiger charge is -1.49. The number of hydrogen-bond acceptors (Lipinski definition) is 1. The van der Waals surface area contributed by atoms with Gasteiger partial charge in [0.15, 0.2) is 0 Å². The van der Waals surface area contributed by atoms with E-state index in [1.54, 1.807) is 6.08 Å². The highest BCUT2D eigenvalue weighted by Gasteiger charge is 1.45. The molecule has 0 bridgehead atoms. The molecule has 0 aliphatic carbocycles. The second kappa shape index (κ2) is 15.8. The molecular weight excluding hydrogens is 110 g/mol. The van der Waals surface area contributed by atoms with E-state index < -0.39 is 0 Å². The Balaban J connectivity index is 0. The zero-order chi connectivity index (χ0) is 7.54. The van der Waals surface area contributed by atoms with Crippen LogP contribution in [0.15, 0.2) is 24.3 Å². The molecule has 0 radical (unpaired) electrons. The smallest absolute Gasteiger partial charge is 0.0908 e. The summed E-state index contributed by atoms with van der Waals surface area (Å²) in [5, 5.41) is 7.73. The fourth-order valence-electron chi connectivity index (χ4n) is 0.0745. The Morgan fingerprint density at radius 1 is 1.00 bits per heavy atom. The molecule has 0 rings (SSSR count). The van der Waals surface area contributed by atoms with Crippen molar-refractivity contribution in [1.29, 1.82) is 5.26 Å². The minimum Gasteiger partial charge on any atom is -0.193 e. The lowest BCUT2D eigenvalue weighted by atomic mass is 10.6. The second-order valence-corrected chi connectivity index (χ2v) is 1.30. The van der Waals surface area contributed by atoms with Gasteiger partial charge in [-0.15, -0.1) is 0 Å². The van der Waals surface area contributed by atoms with Gasteiger partial charge in [0.2, 0.25) is 0 Å².